The van der Waals surface area contributed by atoms with E-state index in [0.29, 0.717) is 19.5 Å². The molecule has 9 nitrogen and oxygen atoms in total. The molecule has 2 saturated heterocycles. The van der Waals surface area contributed by atoms with Crippen LogP contribution in [0.5, 0.6) is 0 Å². The van der Waals surface area contributed by atoms with Crippen molar-refractivity contribution in [1.29, 1.82) is 0 Å². The second-order valence-electron chi connectivity index (χ2n) is 12.2. The van der Waals surface area contributed by atoms with Gasteiger partial charge in [0.25, 0.3) is 16.0 Å². The first kappa shape index (κ1) is 31.4. The van der Waals surface area contributed by atoms with Gasteiger partial charge < -0.3 is 14.2 Å². The summed E-state index contributed by atoms with van der Waals surface area (Å²) in [5.41, 5.74) is -0.0348. The number of carbonyl (C=O) groups is 1. The molecule has 1 aromatic carbocycles. The van der Waals surface area contributed by atoms with Gasteiger partial charge in [-0.15, -0.1) is 0 Å². The number of amides is 1. The maximum atomic E-state index is 13.5. The molecule has 0 bridgehead atoms. The summed E-state index contributed by atoms with van der Waals surface area (Å²) in [5, 5.41) is -0.145. The largest absolute Gasteiger partial charge is 0.419 e. The van der Waals surface area contributed by atoms with Gasteiger partial charge >= 0.3 is 6.18 Å². The normalized spacial score (nSPS) is 22.9. The third-order valence-corrected chi connectivity index (χ3v) is 14.0. The lowest BCUT2D eigenvalue weighted by Gasteiger charge is -2.47. The van der Waals surface area contributed by atoms with Gasteiger partial charge in [0.2, 0.25) is 5.95 Å². The highest BCUT2D eigenvalue weighted by molar-refractivity contribution is 7.86. The highest BCUT2D eigenvalue weighted by Crippen LogP contribution is 2.40. The second kappa shape index (κ2) is 11.3. The molecule has 2 aliphatic rings. The Morgan fingerprint density at radius 1 is 1.00 bits per heavy atom. The zero-order valence-electron chi connectivity index (χ0n) is 24.1. The van der Waals surface area contributed by atoms with Crippen LogP contribution in [0, 0.1) is 6.92 Å². The van der Waals surface area contributed by atoms with Gasteiger partial charge in [0.1, 0.15) is 0 Å². The van der Waals surface area contributed by atoms with Crippen molar-refractivity contribution in [3.05, 3.63) is 47.8 Å². The molecule has 2 aromatic rings. The van der Waals surface area contributed by atoms with Crippen molar-refractivity contribution in [1.82, 2.24) is 14.9 Å². The molecule has 41 heavy (non-hydrogen) atoms. The smallest absolute Gasteiger partial charge is 0.410 e. The zero-order valence-corrected chi connectivity index (χ0v) is 25.9. The minimum absolute atomic E-state index is 0.0154. The van der Waals surface area contributed by atoms with Crippen molar-refractivity contribution in [3.63, 3.8) is 0 Å². The Hall–Kier alpha value is -2.55. The minimum Gasteiger partial charge on any atom is -0.410 e. The van der Waals surface area contributed by atoms with Crippen LogP contribution in [0.1, 0.15) is 44.7 Å². The lowest BCUT2D eigenvalue weighted by molar-refractivity contribution is -0.138. The predicted octanol–water partition coefficient (Wildman–Crippen LogP) is 4.78. The van der Waals surface area contributed by atoms with E-state index in [1.807, 2.05) is 6.92 Å². The van der Waals surface area contributed by atoms with Crippen molar-refractivity contribution in [2.45, 2.75) is 88.0 Å². The van der Waals surface area contributed by atoms with Gasteiger partial charge in [0.05, 0.1) is 22.6 Å². The molecular weight excluding hydrogens is 577 g/mol. The van der Waals surface area contributed by atoms with Gasteiger partial charge in [0, 0.05) is 38.4 Å². The number of halogens is 3. The number of likely N-dealkylation sites (tertiary alicyclic amines) is 1. The highest BCUT2D eigenvalue weighted by Gasteiger charge is 2.48. The Bertz CT molecular complexity index is 1350. The molecule has 2 aliphatic heterocycles. The van der Waals surface area contributed by atoms with E-state index in [4.69, 9.17) is 8.61 Å². The summed E-state index contributed by atoms with van der Waals surface area (Å²) in [7, 11) is -6.50. The summed E-state index contributed by atoms with van der Waals surface area (Å²) < 4.78 is 77.0. The fraction of sp³-hybridized carbons (Fsp3) is 0.593. The van der Waals surface area contributed by atoms with Crippen molar-refractivity contribution in [2.24, 2.45) is 0 Å². The Labute approximate surface area is 240 Å². The number of piperidine rings is 1. The predicted molar refractivity (Wildman–Crippen MR) is 149 cm³/mol. The first-order valence-corrected chi connectivity index (χ1v) is 17.8. The van der Waals surface area contributed by atoms with E-state index in [-0.39, 0.29) is 34.9 Å². The average Bonchev–Trinajstić information content (AvgIpc) is 3.22. The molecule has 0 unspecified atom stereocenters. The number of benzene rings is 1. The van der Waals surface area contributed by atoms with Crippen LogP contribution in [0.3, 0.4) is 0 Å². The van der Waals surface area contributed by atoms with Crippen molar-refractivity contribution in [2.75, 3.05) is 24.5 Å². The van der Waals surface area contributed by atoms with Crippen LogP contribution in [0.2, 0.25) is 18.1 Å². The minimum atomic E-state index is -4.54. The lowest BCUT2D eigenvalue weighted by atomic mass is 10.0. The van der Waals surface area contributed by atoms with Crippen LogP contribution < -0.4 is 4.90 Å². The molecule has 0 saturated carbocycles. The lowest BCUT2D eigenvalue weighted by Crippen LogP contribution is -2.60. The Morgan fingerprint density at radius 2 is 1.61 bits per heavy atom. The summed E-state index contributed by atoms with van der Waals surface area (Å²) in [6, 6.07) is 5.85. The van der Waals surface area contributed by atoms with Crippen molar-refractivity contribution < 1.29 is 35.0 Å². The first-order valence-electron chi connectivity index (χ1n) is 13.5. The average molecular weight is 615 g/mol. The van der Waals surface area contributed by atoms with E-state index in [1.165, 1.54) is 12.1 Å². The van der Waals surface area contributed by atoms with E-state index in [2.05, 4.69) is 43.8 Å². The van der Waals surface area contributed by atoms with E-state index >= 15 is 0 Å². The number of alkyl halides is 3. The highest BCUT2D eigenvalue weighted by atomic mass is 32.2. The van der Waals surface area contributed by atoms with Gasteiger partial charge in [-0.1, -0.05) is 38.5 Å². The second-order valence-corrected chi connectivity index (χ2v) is 18.5. The van der Waals surface area contributed by atoms with Crippen LogP contribution in [0.4, 0.5) is 19.1 Å². The van der Waals surface area contributed by atoms with Crippen molar-refractivity contribution in [3.8, 4) is 0 Å². The number of nitrogens with zero attached hydrogens (tertiary/aromatic N) is 4. The van der Waals surface area contributed by atoms with Crippen LogP contribution in [0.15, 0.2) is 41.6 Å². The molecule has 1 amide bonds. The number of aromatic nitrogens is 2. The molecule has 14 heteroatoms. The van der Waals surface area contributed by atoms with Gasteiger partial charge in [-0.3, -0.25) is 8.98 Å². The summed E-state index contributed by atoms with van der Waals surface area (Å²) in [6.45, 7) is 13.2. The van der Waals surface area contributed by atoms with Crippen LogP contribution in [0.25, 0.3) is 0 Å². The van der Waals surface area contributed by atoms with E-state index in [9.17, 15) is 26.4 Å². The van der Waals surface area contributed by atoms with Gasteiger partial charge in [-0.2, -0.15) is 21.6 Å². The Morgan fingerprint density at radius 3 is 2.17 bits per heavy atom. The van der Waals surface area contributed by atoms with Gasteiger partial charge in [-0.25, -0.2) is 9.97 Å². The van der Waals surface area contributed by atoms with Crippen molar-refractivity contribution >= 4 is 30.3 Å². The number of rotatable bonds is 7. The monoisotopic (exact) mass is 614 g/mol. The fourth-order valence-electron chi connectivity index (χ4n) is 4.75. The number of aryl methyl sites for hydroxylation is 1. The Balaban J connectivity index is 1.54. The number of anilines is 1. The summed E-state index contributed by atoms with van der Waals surface area (Å²) in [4.78, 5) is 24.8. The van der Waals surface area contributed by atoms with Gasteiger partial charge in [-0.05, 0) is 43.6 Å². The molecule has 0 spiro atoms. The van der Waals surface area contributed by atoms with E-state index < -0.39 is 48.3 Å². The molecule has 3 atom stereocenters. The standard InChI is InChI=1S/C27H37F3N4O5SSi/c1-18-7-9-20(10-8-18)40(36,37)38-22-12-14-34(24(22)35)21-11-13-33(17-23(21)39-41(5,6)26(2,3)4)25-31-15-19(16-32-25)27(28,29)30/h7-10,15-16,21-23H,11-14,17H2,1-6H3/t21-,22+,23-/m1/s1. The molecule has 4 rings (SSSR count). The van der Waals surface area contributed by atoms with E-state index in [1.54, 1.807) is 21.9 Å². The topological polar surface area (TPSA) is 102 Å². The summed E-state index contributed by atoms with van der Waals surface area (Å²) >= 11 is 0. The SMILES string of the molecule is Cc1ccc(S(=O)(=O)O[C@H]2CCN([C@@H]3CCN(c4ncc(C(F)(F)F)cn4)C[C@H]3O[Si](C)(C)C(C)(C)C)C2=O)cc1. The fourth-order valence-corrected chi connectivity index (χ4v) is 7.16. The number of hydrogen-bond donors (Lipinski definition) is 0. The maximum Gasteiger partial charge on any atom is 0.419 e. The Kier molecular flexibility index (Phi) is 8.62. The molecule has 0 radical (unpaired) electrons. The molecule has 226 valence electrons. The maximum absolute atomic E-state index is 13.5. The number of carbonyl (C=O) groups excluding carboxylic acids is 1. The van der Waals surface area contributed by atoms with E-state index in [0.717, 1.165) is 18.0 Å². The quantitative estimate of drug-likeness (QED) is 0.325. The molecule has 1 aromatic heterocycles. The molecule has 0 N–H and O–H groups in total. The first-order chi connectivity index (χ1) is 18.9. The number of hydrogen-bond acceptors (Lipinski definition) is 8. The summed E-state index contributed by atoms with van der Waals surface area (Å²) in [5.74, 6) is -0.271. The third-order valence-electron chi connectivity index (χ3n) is 8.17. The van der Waals surface area contributed by atoms with Crippen LogP contribution in [-0.2, 0) is 29.7 Å². The third kappa shape index (κ3) is 6.92. The van der Waals surface area contributed by atoms with Gasteiger partial charge in [0.15, 0.2) is 14.4 Å². The summed E-state index contributed by atoms with van der Waals surface area (Å²) in [6.07, 6.45) is -4.01. The molecular formula is C27H37F3N4O5SSi. The molecule has 0 aliphatic carbocycles. The molecule has 2 fully saturated rings. The molecule has 3 heterocycles. The zero-order chi connectivity index (χ0) is 30.4. The van der Waals surface area contributed by atoms with Crippen LogP contribution in [-0.4, -0.2) is 75.4 Å². The van der Waals surface area contributed by atoms with Crippen LogP contribution >= 0.6 is 0 Å².